The minimum absolute atomic E-state index is 0.0180. The van der Waals surface area contributed by atoms with Gasteiger partial charge in [0.1, 0.15) is 11.9 Å². The highest BCUT2D eigenvalue weighted by Gasteiger charge is 2.41. The number of pyridine rings is 2. The molecule has 11 nitrogen and oxygen atoms in total. The number of carbonyl (C=O) groups is 1. The first-order valence-electron chi connectivity index (χ1n) is 8.85. The Morgan fingerprint density at radius 3 is 2.52 bits per heavy atom. The van der Waals surface area contributed by atoms with Gasteiger partial charge < -0.3 is 11.1 Å². The number of rotatable bonds is 4. The molecule has 3 N–H and O–H groups in total. The number of carbonyl (C=O) groups excluding carboxylic acids is 1. The van der Waals surface area contributed by atoms with E-state index in [1.165, 1.54) is 30.7 Å². The van der Waals surface area contributed by atoms with Crippen LogP contribution in [0.2, 0.25) is 5.02 Å². The van der Waals surface area contributed by atoms with E-state index < -0.39 is 23.3 Å². The lowest BCUT2D eigenvalue weighted by atomic mass is 10.2. The van der Waals surface area contributed by atoms with Crippen LogP contribution < -0.4 is 11.1 Å². The fourth-order valence-corrected chi connectivity index (χ4v) is 3.05. The summed E-state index contributed by atoms with van der Waals surface area (Å²) < 4.78 is 42.0. The van der Waals surface area contributed by atoms with Crippen LogP contribution in [0.3, 0.4) is 0 Å². The highest BCUT2D eigenvalue weighted by molar-refractivity contribution is 6.32. The molecule has 0 radical (unpaired) electrons. The van der Waals surface area contributed by atoms with E-state index in [1.54, 1.807) is 6.07 Å². The van der Waals surface area contributed by atoms with Crippen LogP contribution in [-0.2, 0) is 6.18 Å². The first-order chi connectivity index (χ1) is 15.7. The number of nitrogens with two attached hydrogens (primary N) is 1. The van der Waals surface area contributed by atoms with Crippen LogP contribution >= 0.6 is 11.6 Å². The summed E-state index contributed by atoms with van der Waals surface area (Å²) in [5.41, 5.74) is 3.45. The summed E-state index contributed by atoms with van der Waals surface area (Å²) in [6.45, 7) is 0. The van der Waals surface area contributed by atoms with E-state index >= 15 is 0 Å². The minimum Gasteiger partial charge on any atom is -0.383 e. The molecular weight excluding hydrogens is 465 g/mol. The van der Waals surface area contributed by atoms with E-state index in [0.29, 0.717) is 4.68 Å². The van der Waals surface area contributed by atoms with Crippen LogP contribution in [0.25, 0.3) is 11.6 Å². The molecular formula is C18H10ClF3N10O. The van der Waals surface area contributed by atoms with Gasteiger partial charge in [-0.15, -0.1) is 4.80 Å². The lowest BCUT2D eigenvalue weighted by Gasteiger charge is -2.13. The summed E-state index contributed by atoms with van der Waals surface area (Å²) in [5.74, 6) is -1.55. The fourth-order valence-electron chi connectivity index (χ4n) is 2.81. The van der Waals surface area contributed by atoms with Gasteiger partial charge in [0.25, 0.3) is 5.91 Å². The first kappa shape index (κ1) is 21.7. The zero-order valence-corrected chi connectivity index (χ0v) is 16.9. The summed E-state index contributed by atoms with van der Waals surface area (Å²) in [5, 5.41) is 22.7. The molecule has 0 spiro atoms. The van der Waals surface area contributed by atoms with Crippen molar-refractivity contribution in [3.63, 3.8) is 0 Å². The van der Waals surface area contributed by atoms with Gasteiger partial charge >= 0.3 is 6.18 Å². The third-order valence-corrected chi connectivity index (χ3v) is 4.50. The molecule has 4 rings (SSSR count). The van der Waals surface area contributed by atoms with Gasteiger partial charge in [-0.2, -0.15) is 33.7 Å². The van der Waals surface area contributed by atoms with E-state index in [4.69, 9.17) is 22.6 Å². The number of halogens is 4. The van der Waals surface area contributed by atoms with Gasteiger partial charge in [-0.05, 0) is 18.2 Å². The van der Waals surface area contributed by atoms with Gasteiger partial charge in [-0.1, -0.05) is 11.6 Å². The second-order valence-electron chi connectivity index (χ2n) is 6.33. The third kappa shape index (κ3) is 4.16. The molecule has 33 heavy (non-hydrogen) atoms. The number of amides is 1. The Morgan fingerprint density at radius 2 is 1.91 bits per heavy atom. The molecule has 4 heterocycles. The van der Waals surface area contributed by atoms with E-state index in [-0.39, 0.29) is 33.7 Å². The van der Waals surface area contributed by atoms with Gasteiger partial charge in [-0.3, -0.25) is 4.79 Å². The number of nitriles is 1. The second kappa shape index (κ2) is 8.20. The van der Waals surface area contributed by atoms with Crippen molar-refractivity contribution in [3.8, 4) is 17.7 Å². The summed E-state index contributed by atoms with van der Waals surface area (Å²) in [6, 6.07) is 5.37. The fraction of sp³-hybridized carbons (Fsp3) is 0.0556. The van der Waals surface area contributed by atoms with Crippen LogP contribution in [0.15, 0.2) is 43.0 Å². The Balaban J connectivity index is 1.68. The summed E-state index contributed by atoms with van der Waals surface area (Å²) in [4.78, 5) is 21.6. The molecule has 0 aliphatic heterocycles. The van der Waals surface area contributed by atoms with Crippen molar-refractivity contribution in [2.45, 2.75) is 6.18 Å². The van der Waals surface area contributed by atoms with Crippen molar-refractivity contribution in [3.05, 3.63) is 64.8 Å². The predicted octanol–water partition coefficient (Wildman–Crippen LogP) is 2.62. The van der Waals surface area contributed by atoms with E-state index in [0.717, 1.165) is 17.1 Å². The molecule has 166 valence electrons. The molecule has 0 bridgehead atoms. The minimum atomic E-state index is -4.97. The summed E-state index contributed by atoms with van der Waals surface area (Å²) in [7, 11) is 0. The van der Waals surface area contributed by atoms with E-state index in [1.807, 2.05) is 0 Å². The molecule has 0 saturated heterocycles. The molecule has 4 aromatic rings. The van der Waals surface area contributed by atoms with Crippen LogP contribution in [-0.4, -0.2) is 40.6 Å². The molecule has 15 heteroatoms. The van der Waals surface area contributed by atoms with Gasteiger partial charge in [0, 0.05) is 0 Å². The SMILES string of the molecule is N#Cc1ccc(-n2ncc(C(=O)Nc3cnc(-n4nccn4)c(Cl)c3)c2C(F)(F)F)nc1N. The molecule has 0 saturated carbocycles. The van der Waals surface area contributed by atoms with Crippen molar-refractivity contribution < 1.29 is 18.0 Å². The lowest BCUT2D eigenvalue weighted by Crippen LogP contribution is -2.21. The number of alkyl halides is 3. The normalized spacial score (nSPS) is 11.2. The van der Waals surface area contributed by atoms with Gasteiger partial charge in [-0.25, -0.2) is 14.6 Å². The van der Waals surface area contributed by atoms with Crippen molar-refractivity contribution >= 4 is 29.0 Å². The second-order valence-corrected chi connectivity index (χ2v) is 6.74. The smallest absolute Gasteiger partial charge is 0.383 e. The number of aromatic nitrogens is 7. The molecule has 4 aromatic heterocycles. The molecule has 0 aliphatic carbocycles. The highest BCUT2D eigenvalue weighted by atomic mass is 35.5. The average molecular weight is 475 g/mol. The first-order valence-corrected chi connectivity index (χ1v) is 9.22. The maximum atomic E-state index is 13.8. The predicted molar refractivity (Wildman–Crippen MR) is 108 cm³/mol. The molecule has 0 aromatic carbocycles. The molecule has 0 atom stereocenters. The van der Waals surface area contributed by atoms with Crippen LogP contribution in [0, 0.1) is 11.3 Å². The number of nitrogens with zero attached hydrogens (tertiary/aromatic N) is 8. The molecule has 1 amide bonds. The van der Waals surface area contributed by atoms with Gasteiger partial charge in [0.2, 0.25) is 0 Å². The Labute approximate surface area is 187 Å². The molecule has 0 fully saturated rings. The topological polar surface area (TPSA) is 153 Å². The largest absolute Gasteiger partial charge is 0.434 e. The maximum absolute atomic E-state index is 13.8. The maximum Gasteiger partial charge on any atom is 0.434 e. The number of hydrogen-bond acceptors (Lipinski definition) is 8. The van der Waals surface area contributed by atoms with Gasteiger partial charge in [0.15, 0.2) is 17.3 Å². The Kier molecular flexibility index (Phi) is 5.40. The third-order valence-electron chi connectivity index (χ3n) is 4.22. The monoisotopic (exact) mass is 474 g/mol. The molecule has 0 aliphatic rings. The highest BCUT2D eigenvalue weighted by Crippen LogP contribution is 2.34. The lowest BCUT2D eigenvalue weighted by molar-refractivity contribution is -0.143. The zero-order chi connectivity index (χ0) is 23.8. The van der Waals surface area contributed by atoms with Crippen molar-refractivity contribution in [1.29, 1.82) is 5.26 Å². The quantitative estimate of drug-likeness (QED) is 0.457. The van der Waals surface area contributed by atoms with Crippen LogP contribution in [0.1, 0.15) is 21.6 Å². The number of nitrogen functional groups attached to an aromatic ring is 1. The number of nitrogens with one attached hydrogen (secondary N) is 1. The molecule has 0 unspecified atom stereocenters. The number of hydrogen-bond donors (Lipinski definition) is 2. The van der Waals surface area contributed by atoms with E-state index in [2.05, 4.69) is 30.6 Å². The number of anilines is 2. The van der Waals surface area contributed by atoms with Crippen LogP contribution in [0.5, 0.6) is 0 Å². The van der Waals surface area contributed by atoms with Crippen LogP contribution in [0.4, 0.5) is 24.7 Å². The Bertz CT molecular complexity index is 1390. The Hall–Kier alpha value is -4.51. The zero-order valence-electron chi connectivity index (χ0n) is 16.1. The van der Waals surface area contributed by atoms with Crippen molar-refractivity contribution in [2.75, 3.05) is 11.1 Å². The summed E-state index contributed by atoms with van der Waals surface area (Å²) in [6.07, 6.45) is -0.242. The van der Waals surface area contributed by atoms with Crippen molar-refractivity contribution in [2.24, 2.45) is 0 Å². The Morgan fingerprint density at radius 1 is 1.18 bits per heavy atom. The van der Waals surface area contributed by atoms with E-state index in [9.17, 15) is 18.0 Å². The van der Waals surface area contributed by atoms with Crippen molar-refractivity contribution in [1.82, 2.24) is 34.7 Å². The standard InChI is InChI=1S/C18H10ClF3N10O/c19-12-5-10(7-25-16(12)32-26-3-4-27-32)29-17(33)11-8-28-31(14(11)18(20,21)22)13-2-1-9(6-23)15(24)30-13/h1-5,7-8H,(H2,24,30)(H,29,33). The summed E-state index contributed by atoms with van der Waals surface area (Å²) >= 11 is 6.12. The average Bonchev–Trinajstić information content (AvgIpc) is 3.44. The van der Waals surface area contributed by atoms with Gasteiger partial charge in [0.05, 0.1) is 46.6 Å².